The number of halogens is 1. The van der Waals surface area contributed by atoms with Gasteiger partial charge in [-0.05, 0) is 12.1 Å². The molecule has 2 rings (SSSR count). The Morgan fingerprint density at radius 3 is 2.56 bits per heavy atom. The van der Waals surface area contributed by atoms with Crippen molar-refractivity contribution in [3.05, 3.63) is 35.4 Å². The Balaban J connectivity index is 2.49. The molecule has 0 saturated heterocycles. The Kier molecular flexibility index (Phi) is 3.53. The van der Waals surface area contributed by atoms with Crippen molar-refractivity contribution in [2.75, 3.05) is 19.0 Å². The lowest BCUT2D eigenvalue weighted by Crippen LogP contribution is -2.10. The number of aldehydes is 1. The molecule has 0 unspecified atom stereocenters. The average Bonchev–Trinajstić information content (AvgIpc) is 2.38. The van der Waals surface area contributed by atoms with Crippen LogP contribution in [0.25, 0.3) is 11.3 Å². The summed E-state index contributed by atoms with van der Waals surface area (Å²) in [7, 11) is 3.81. The van der Waals surface area contributed by atoms with Crippen LogP contribution in [0.2, 0.25) is 5.15 Å². The maximum absolute atomic E-state index is 11.0. The molecule has 2 heterocycles. The molecule has 0 aliphatic rings. The first-order chi connectivity index (χ1) is 8.63. The van der Waals surface area contributed by atoms with Crippen LogP contribution in [0.1, 0.15) is 10.4 Å². The number of nitrogens with zero attached hydrogens (tertiary/aromatic N) is 4. The van der Waals surface area contributed by atoms with Crippen LogP contribution in [-0.2, 0) is 0 Å². The van der Waals surface area contributed by atoms with Crippen LogP contribution in [0.5, 0.6) is 0 Å². The molecule has 0 bridgehead atoms. The zero-order valence-corrected chi connectivity index (χ0v) is 10.7. The lowest BCUT2D eigenvalue weighted by atomic mass is 10.1. The Hall–Kier alpha value is -2.01. The molecule has 0 aliphatic heterocycles. The standard InChI is InChI=1S/C12H11ClN4O/c1-17(2)10-4-3-8(5-14-10)11-9(6-18)12(13)16-7-15-11/h3-7H,1-2H3. The molecule has 0 aromatic carbocycles. The van der Waals surface area contributed by atoms with Crippen LogP contribution < -0.4 is 4.90 Å². The second-order valence-electron chi connectivity index (χ2n) is 3.84. The van der Waals surface area contributed by atoms with Gasteiger partial charge in [-0.25, -0.2) is 15.0 Å². The minimum absolute atomic E-state index is 0.145. The summed E-state index contributed by atoms with van der Waals surface area (Å²) in [4.78, 5) is 25.0. The number of anilines is 1. The highest BCUT2D eigenvalue weighted by Crippen LogP contribution is 2.24. The minimum atomic E-state index is 0.145. The van der Waals surface area contributed by atoms with E-state index in [4.69, 9.17) is 11.6 Å². The zero-order valence-electron chi connectivity index (χ0n) is 9.96. The fraction of sp³-hybridized carbons (Fsp3) is 0.167. The van der Waals surface area contributed by atoms with E-state index in [9.17, 15) is 4.79 Å². The number of hydrogen-bond acceptors (Lipinski definition) is 5. The van der Waals surface area contributed by atoms with Gasteiger partial charge in [0, 0.05) is 25.9 Å². The molecule has 0 fully saturated rings. The topological polar surface area (TPSA) is 59.0 Å². The molecule has 0 N–H and O–H groups in total. The summed E-state index contributed by atoms with van der Waals surface area (Å²) in [6.07, 6.45) is 3.63. The van der Waals surface area contributed by atoms with E-state index in [2.05, 4.69) is 15.0 Å². The van der Waals surface area contributed by atoms with Crippen molar-refractivity contribution in [2.45, 2.75) is 0 Å². The third kappa shape index (κ3) is 2.31. The van der Waals surface area contributed by atoms with Crippen molar-refractivity contribution in [2.24, 2.45) is 0 Å². The molecule has 2 aromatic rings. The number of carbonyl (C=O) groups excluding carboxylic acids is 1. The van der Waals surface area contributed by atoms with E-state index >= 15 is 0 Å². The molecule has 18 heavy (non-hydrogen) atoms. The highest BCUT2D eigenvalue weighted by molar-refractivity contribution is 6.32. The first-order valence-corrected chi connectivity index (χ1v) is 5.60. The zero-order chi connectivity index (χ0) is 13.1. The van der Waals surface area contributed by atoms with Crippen molar-refractivity contribution in [3.63, 3.8) is 0 Å². The fourth-order valence-electron chi connectivity index (χ4n) is 1.50. The predicted octanol–water partition coefficient (Wildman–Crippen LogP) is 2.07. The number of pyridine rings is 1. The summed E-state index contributed by atoms with van der Waals surface area (Å²) in [6, 6.07) is 3.69. The van der Waals surface area contributed by atoms with Gasteiger partial charge >= 0.3 is 0 Å². The van der Waals surface area contributed by atoms with Gasteiger partial charge in [0.1, 0.15) is 17.3 Å². The van der Waals surface area contributed by atoms with Crippen LogP contribution in [0.3, 0.4) is 0 Å². The third-order valence-corrected chi connectivity index (χ3v) is 2.73. The quantitative estimate of drug-likeness (QED) is 0.626. The third-order valence-electron chi connectivity index (χ3n) is 2.43. The Labute approximate surface area is 109 Å². The number of hydrogen-bond donors (Lipinski definition) is 0. The van der Waals surface area contributed by atoms with E-state index in [0.29, 0.717) is 12.0 Å². The maximum Gasteiger partial charge on any atom is 0.155 e. The van der Waals surface area contributed by atoms with Gasteiger partial charge in [0.15, 0.2) is 6.29 Å². The van der Waals surface area contributed by atoms with Gasteiger partial charge in [0.25, 0.3) is 0 Å². The normalized spacial score (nSPS) is 10.2. The first kappa shape index (κ1) is 12.4. The monoisotopic (exact) mass is 262 g/mol. The Morgan fingerprint density at radius 2 is 2.00 bits per heavy atom. The lowest BCUT2D eigenvalue weighted by Gasteiger charge is -2.11. The molecule has 0 atom stereocenters. The van der Waals surface area contributed by atoms with Crippen LogP contribution in [0, 0.1) is 0 Å². The number of rotatable bonds is 3. The van der Waals surface area contributed by atoms with Gasteiger partial charge in [0.2, 0.25) is 0 Å². The summed E-state index contributed by atoms with van der Waals surface area (Å²) in [5, 5.41) is 0.145. The minimum Gasteiger partial charge on any atom is -0.363 e. The van der Waals surface area contributed by atoms with E-state index in [1.165, 1.54) is 6.33 Å². The molecule has 5 nitrogen and oxygen atoms in total. The summed E-state index contributed by atoms with van der Waals surface area (Å²) in [5.74, 6) is 0.826. The van der Waals surface area contributed by atoms with E-state index < -0.39 is 0 Å². The molecule has 6 heteroatoms. The van der Waals surface area contributed by atoms with Crippen LogP contribution in [-0.4, -0.2) is 35.3 Å². The Bertz CT molecular complexity index is 569. The van der Waals surface area contributed by atoms with E-state index in [-0.39, 0.29) is 10.7 Å². The van der Waals surface area contributed by atoms with E-state index in [1.54, 1.807) is 6.20 Å². The summed E-state index contributed by atoms with van der Waals surface area (Å²) in [5.41, 5.74) is 1.49. The summed E-state index contributed by atoms with van der Waals surface area (Å²) in [6.45, 7) is 0. The second-order valence-corrected chi connectivity index (χ2v) is 4.20. The number of carbonyl (C=O) groups is 1. The van der Waals surface area contributed by atoms with Gasteiger partial charge < -0.3 is 4.90 Å². The van der Waals surface area contributed by atoms with Gasteiger partial charge in [0.05, 0.1) is 11.3 Å². The SMILES string of the molecule is CN(C)c1ccc(-c2ncnc(Cl)c2C=O)cn1. The van der Waals surface area contributed by atoms with Gasteiger partial charge in [-0.2, -0.15) is 0 Å². The molecule has 0 spiro atoms. The van der Waals surface area contributed by atoms with Gasteiger partial charge in [-0.15, -0.1) is 0 Å². The maximum atomic E-state index is 11.0. The van der Waals surface area contributed by atoms with Crippen LogP contribution in [0.4, 0.5) is 5.82 Å². The van der Waals surface area contributed by atoms with Crippen molar-refractivity contribution < 1.29 is 4.79 Å². The van der Waals surface area contributed by atoms with Gasteiger partial charge in [-0.1, -0.05) is 11.6 Å². The second kappa shape index (κ2) is 5.10. The van der Waals surface area contributed by atoms with Crippen molar-refractivity contribution in [1.29, 1.82) is 0 Å². The summed E-state index contributed by atoms with van der Waals surface area (Å²) >= 11 is 5.85. The van der Waals surface area contributed by atoms with Crippen molar-refractivity contribution in [1.82, 2.24) is 15.0 Å². The highest BCUT2D eigenvalue weighted by atomic mass is 35.5. The average molecular weight is 263 g/mol. The molecular formula is C12H11ClN4O. The fourth-order valence-corrected chi connectivity index (χ4v) is 1.68. The molecule has 2 aromatic heterocycles. The molecule has 0 saturated carbocycles. The van der Waals surface area contributed by atoms with Crippen molar-refractivity contribution >= 4 is 23.7 Å². The van der Waals surface area contributed by atoms with Gasteiger partial charge in [-0.3, -0.25) is 4.79 Å². The smallest absolute Gasteiger partial charge is 0.155 e. The van der Waals surface area contributed by atoms with E-state index in [1.807, 2.05) is 31.1 Å². The molecular weight excluding hydrogens is 252 g/mol. The Morgan fingerprint density at radius 1 is 1.22 bits per heavy atom. The molecule has 0 radical (unpaired) electrons. The first-order valence-electron chi connectivity index (χ1n) is 5.23. The molecule has 0 aliphatic carbocycles. The van der Waals surface area contributed by atoms with Crippen molar-refractivity contribution in [3.8, 4) is 11.3 Å². The van der Waals surface area contributed by atoms with Crippen LogP contribution >= 0.6 is 11.6 Å². The lowest BCUT2D eigenvalue weighted by molar-refractivity contribution is 0.112. The van der Waals surface area contributed by atoms with Crippen LogP contribution in [0.15, 0.2) is 24.7 Å². The highest BCUT2D eigenvalue weighted by Gasteiger charge is 2.11. The number of aromatic nitrogens is 3. The molecule has 0 amide bonds. The largest absolute Gasteiger partial charge is 0.363 e. The molecule has 92 valence electrons. The predicted molar refractivity (Wildman–Crippen MR) is 70.0 cm³/mol. The summed E-state index contributed by atoms with van der Waals surface area (Å²) < 4.78 is 0. The van der Waals surface area contributed by atoms with E-state index in [0.717, 1.165) is 11.4 Å².